The van der Waals surface area contributed by atoms with Gasteiger partial charge in [0.1, 0.15) is 11.5 Å². The van der Waals surface area contributed by atoms with Gasteiger partial charge < -0.3 is 9.64 Å². The lowest BCUT2D eigenvalue weighted by Crippen LogP contribution is -2.11. The van der Waals surface area contributed by atoms with Crippen LogP contribution in [0.15, 0.2) is 200 Å². The molecule has 11 rings (SSSR count). The maximum absolute atomic E-state index is 7.09. The summed E-state index contributed by atoms with van der Waals surface area (Å²) in [6.07, 6.45) is 0. The van der Waals surface area contributed by atoms with E-state index in [4.69, 9.17) is 4.74 Å². The summed E-state index contributed by atoms with van der Waals surface area (Å²) in [6, 6.07) is 72.1. The lowest BCUT2D eigenvalue weighted by molar-refractivity contribution is 0.488. The summed E-state index contributed by atoms with van der Waals surface area (Å²) in [7, 11) is 0. The van der Waals surface area contributed by atoms with Crippen LogP contribution in [0.5, 0.6) is 11.5 Å². The summed E-state index contributed by atoms with van der Waals surface area (Å²) in [6.45, 7) is 0. The summed E-state index contributed by atoms with van der Waals surface area (Å²) in [4.78, 5) is 2.39. The highest BCUT2D eigenvalue weighted by Crippen LogP contribution is 2.52. The number of rotatable bonds is 5. The number of ether oxygens (including phenoxy) is 1. The molecule has 0 saturated carbocycles. The quantitative estimate of drug-likeness (QED) is 0.176. The van der Waals surface area contributed by atoms with Crippen LogP contribution in [0, 0.1) is 0 Å². The number of hydrogen-bond acceptors (Lipinski definition) is 3. The Morgan fingerprint density at radius 2 is 1.04 bits per heavy atom. The number of anilines is 3. The molecule has 2 heterocycles. The molecule has 55 heavy (non-hydrogen) atoms. The van der Waals surface area contributed by atoms with Crippen LogP contribution >= 0.6 is 11.3 Å². The number of nitrogens with zero attached hydrogens (tertiary/aromatic N) is 1. The second-order valence-electron chi connectivity index (χ2n) is 14.1. The van der Waals surface area contributed by atoms with E-state index in [1.165, 1.54) is 47.6 Å². The maximum atomic E-state index is 7.09. The van der Waals surface area contributed by atoms with E-state index in [1.54, 1.807) is 0 Å². The number of thiophene rings is 1. The van der Waals surface area contributed by atoms with E-state index in [0.29, 0.717) is 0 Å². The van der Waals surface area contributed by atoms with Crippen LogP contribution in [-0.2, 0) is 0 Å². The average molecular weight is 720 g/mol. The molecule has 1 aliphatic rings. The minimum Gasteiger partial charge on any atom is -0.456 e. The van der Waals surface area contributed by atoms with Crippen LogP contribution in [0.3, 0.4) is 0 Å². The van der Waals surface area contributed by atoms with Crippen molar-refractivity contribution < 1.29 is 4.74 Å². The molecule has 258 valence electrons. The largest absolute Gasteiger partial charge is 0.456 e. The lowest BCUT2D eigenvalue weighted by Gasteiger charge is -2.28. The van der Waals surface area contributed by atoms with Crippen LogP contribution in [0.25, 0.3) is 75.5 Å². The van der Waals surface area contributed by atoms with Gasteiger partial charge in [0.25, 0.3) is 0 Å². The van der Waals surface area contributed by atoms with E-state index in [-0.39, 0.29) is 0 Å². The third kappa shape index (κ3) is 5.32. The van der Waals surface area contributed by atoms with Crippen molar-refractivity contribution in [2.24, 2.45) is 0 Å². The van der Waals surface area contributed by atoms with Gasteiger partial charge in [0.15, 0.2) is 0 Å². The molecule has 1 aliphatic heterocycles. The SMILES string of the molecule is c1ccc(-c2ccc3c(c2)-c2c(ccc4ccccc24)-c2ccc(N(c4ccc5sc6ccccc6c5c4)c4ccccc4-c4ccccc4)cc2O3)cc1. The van der Waals surface area contributed by atoms with Gasteiger partial charge in [0.2, 0.25) is 0 Å². The fourth-order valence-electron chi connectivity index (χ4n) is 8.30. The summed E-state index contributed by atoms with van der Waals surface area (Å²) in [5.41, 5.74) is 12.4. The Morgan fingerprint density at radius 1 is 0.364 bits per heavy atom. The summed E-state index contributed by atoms with van der Waals surface area (Å²) >= 11 is 1.84. The number of para-hydroxylation sites is 1. The van der Waals surface area contributed by atoms with Gasteiger partial charge in [0, 0.05) is 59.9 Å². The minimum absolute atomic E-state index is 0.824. The molecule has 10 aromatic rings. The highest BCUT2D eigenvalue weighted by molar-refractivity contribution is 7.25. The first kappa shape index (κ1) is 31.6. The van der Waals surface area contributed by atoms with Gasteiger partial charge in [0.05, 0.1) is 5.69 Å². The molecule has 2 nitrogen and oxygen atoms in total. The van der Waals surface area contributed by atoms with E-state index in [0.717, 1.165) is 56.4 Å². The lowest BCUT2D eigenvalue weighted by atomic mass is 9.88. The molecule has 3 heteroatoms. The van der Waals surface area contributed by atoms with Gasteiger partial charge in [-0.05, 0) is 87.6 Å². The zero-order valence-electron chi connectivity index (χ0n) is 29.8. The van der Waals surface area contributed by atoms with Crippen LogP contribution in [0.2, 0.25) is 0 Å². The molecule has 9 aromatic carbocycles. The van der Waals surface area contributed by atoms with Gasteiger partial charge >= 0.3 is 0 Å². The Bertz CT molecular complexity index is 3070. The normalized spacial score (nSPS) is 11.8. The van der Waals surface area contributed by atoms with Crippen LogP contribution < -0.4 is 9.64 Å². The Hall–Kier alpha value is -6.94. The Balaban J connectivity index is 1.15. The molecule has 0 aliphatic carbocycles. The van der Waals surface area contributed by atoms with Gasteiger partial charge in [-0.25, -0.2) is 0 Å². The molecular formula is C52H33NOS. The second kappa shape index (κ2) is 12.9. The zero-order valence-corrected chi connectivity index (χ0v) is 30.6. The van der Waals surface area contributed by atoms with Crippen LogP contribution in [0.4, 0.5) is 17.1 Å². The van der Waals surface area contributed by atoms with Gasteiger partial charge in [-0.15, -0.1) is 11.3 Å². The molecule has 0 amide bonds. The standard InChI is InChI=1S/C52H33NOS/c1-3-13-34(14-4-1)37-24-29-48-46(31-37)52-41-19-8-7-17-36(41)23-27-44(52)42-28-25-39(33-49(42)54-48)53(47-21-11-9-18-40(47)35-15-5-2-6-16-35)38-26-30-51-45(32-38)43-20-10-12-22-50(43)55-51/h1-33H. The van der Waals surface area contributed by atoms with Crippen molar-refractivity contribution in [2.45, 2.75) is 0 Å². The highest BCUT2D eigenvalue weighted by Gasteiger charge is 2.26. The molecule has 0 bridgehead atoms. The summed E-state index contributed by atoms with van der Waals surface area (Å²) in [5.74, 6) is 1.67. The first-order valence-electron chi connectivity index (χ1n) is 18.7. The first-order chi connectivity index (χ1) is 27.3. The first-order valence-corrected chi connectivity index (χ1v) is 19.5. The van der Waals surface area contributed by atoms with Crippen molar-refractivity contribution in [3.63, 3.8) is 0 Å². The van der Waals surface area contributed by atoms with E-state index >= 15 is 0 Å². The molecule has 0 atom stereocenters. The highest BCUT2D eigenvalue weighted by atomic mass is 32.1. The van der Waals surface area contributed by atoms with Crippen molar-refractivity contribution in [1.29, 1.82) is 0 Å². The number of hydrogen-bond donors (Lipinski definition) is 0. The van der Waals surface area contributed by atoms with Gasteiger partial charge in [-0.3, -0.25) is 0 Å². The van der Waals surface area contributed by atoms with E-state index in [2.05, 4.69) is 205 Å². The monoisotopic (exact) mass is 719 g/mol. The topological polar surface area (TPSA) is 12.5 Å². The maximum Gasteiger partial charge on any atom is 0.137 e. The van der Waals surface area contributed by atoms with Crippen molar-refractivity contribution in [3.8, 4) is 56.0 Å². The number of benzene rings is 9. The van der Waals surface area contributed by atoms with E-state index in [9.17, 15) is 0 Å². The number of fused-ring (bicyclic) bond motifs is 10. The average Bonchev–Trinajstić information content (AvgIpc) is 3.56. The van der Waals surface area contributed by atoms with E-state index in [1.807, 2.05) is 11.3 Å². The fourth-order valence-corrected chi connectivity index (χ4v) is 9.38. The predicted octanol–water partition coefficient (Wildman–Crippen LogP) is 15.5. The fraction of sp³-hybridized carbons (Fsp3) is 0. The van der Waals surface area contributed by atoms with Crippen molar-refractivity contribution >= 4 is 59.3 Å². The van der Waals surface area contributed by atoms with Crippen LogP contribution in [-0.4, -0.2) is 0 Å². The smallest absolute Gasteiger partial charge is 0.137 e. The molecule has 0 unspecified atom stereocenters. The molecule has 0 fully saturated rings. The molecule has 0 radical (unpaired) electrons. The minimum atomic E-state index is 0.824. The summed E-state index contributed by atoms with van der Waals surface area (Å²) < 4.78 is 9.67. The Labute approximate surface area is 323 Å². The van der Waals surface area contributed by atoms with Gasteiger partial charge in [-0.1, -0.05) is 140 Å². The third-order valence-corrected chi connectivity index (χ3v) is 12.0. The zero-order chi connectivity index (χ0) is 36.3. The Kier molecular flexibility index (Phi) is 7.39. The van der Waals surface area contributed by atoms with Gasteiger partial charge in [-0.2, -0.15) is 0 Å². The van der Waals surface area contributed by atoms with Crippen LogP contribution in [0.1, 0.15) is 0 Å². The molecule has 0 N–H and O–H groups in total. The Morgan fingerprint density at radius 3 is 1.91 bits per heavy atom. The molecule has 0 spiro atoms. The molecule has 1 aromatic heterocycles. The summed E-state index contributed by atoms with van der Waals surface area (Å²) in [5, 5.41) is 4.95. The third-order valence-electron chi connectivity index (χ3n) is 10.9. The molecule has 0 saturated heterocycles. The van der Waals surface area contributed by atoms with Crippen molar-refractivity contribution in [3.05, 3.63) is 200 Å². The van der Waals surface area contributed by atoms with E-state index < -0.39 is 0 Å². The molecular weight excluding hydrogens is 687 g/mol. The second-order valence-corrected chi connectivity index (χ2v) is 15.1. The van der Waals surface area contributed by atoms with Crippen molar-refractivity contribution in [1.82, 2.24) is 0 Å². The predicted molar refractivity (Wildman–Crippen MR) is 233 cm³/mol. The van der Waals surface area contributed by atoms with Crippen molar-refractivity contribution in [2.75, 3.05) is 4.90 Å².